The van der Waals surface area contributed by atoms with Crippen LogP contribution in [-0.4, -0.2) is 40.3 Å². The number of amides is 2. The van der Waals surface area contributed by atoms with Crippen LogP contribution in [0.1, 0.15) is 31.8 Å². The first-order valence-electron chi connectivity index (χ1n) is 11.2. The van der Waals surface area contributed by atoms with Gasteiger partial charge in [0.15, 0.2) is 5.82 Å². The van der Waals surface area contributed by atoms with Crippen molar-refractivity contribution >= 4 is 50.7 Å². The van der Waals surface area contributed by atoms with Gasteiger partial charge in [-0.3, -0.25) is 14.8 Å². The zero-order valence-electron chi connectivity index (χ0n) is 20.9. The molecule has 45 heavy (non-hydrogen) atoms. The van der Waals surface area contributed by atoms with Crippen molar-refractivity contribution in [3.63, 3.8) is 0 Å². The number of rotatable bonds is 6. The van der Waals surface area contributed by atoms with Gasteiger partial charge in [-0.05, 0) is 52.3 Å². The van der Waals surface area contributed by atoms with Crippen LogP contribution in [-0.2, 0) is 11.8 Å². The van der Waals surface area contributed by atoms with Gasteiger partial charge in [-0.25, -0.2) is 13.8 Å². The van der Waals surface area contributed by atoms with Crippen LogP contribution in [0.15, 0.2) is 53.1 Å². The predicted octanol–water partition coefficient (Wildman–Crippen LogP) is 8.87. The molecule has 3 rings (SSSR count). The minimum atomic E-state index is -7.31. The molecule has 0 saturated carbocycles. The van der Waals surface area contributed by atoms with E-state index in [-0.39, 0.29) is 15.8 Å². The molecule has 1 atom stereocenters. The van der Waals surface area contributed by atoms with Crippen LogP contribution in [0.5, 0.6) is 0 Å². The molecule has 1 heterocycles. The lowest BCUT2D eigenvalue weighted by molar-refractivity contribution is -0.389. The standard InChI is InChI=1S/C24H10BrClF13N3O3/c25-13-7-10(20(28,23(34,35)36)22(32,33)24(37,38)39)6-12(21(29,30)31)17(13)41-18(43)11-2-1-3-14(16(11)27)42(45)19(44)9-4-5-15(26)40-8-9/h1-8,45H,(H,41,43). The van der Waals surface area contributed by atoms with Crippen molar-refractivity contribution < 1.29 is 71.9 Å². The minimum Gasteiger partial charge on any atom is -0.320 e. The third kappa shape index (κ3) is 6.53. The molecule has 0 aliphatic carbocycles. The van der Waals surface area contributed by atoms with Gasteiger partial charge in [0, 0.05) is 16.2 Å². The Hall–Kier alpha value is -3.65. The van der Waals surface area contributed by atoms with E-state index >= 15 is 4.39 Å². The molecule has 0 saturated heterocycles. The molecule has 2 N–H and O–H groups in total. The monoisotopic (exact) mass is 749 g/mol. The van der Waals surface area contributed by atoms with Gasteiger partial charge >= 0.3 is 30.1 Å². The van der Waals surface area contributed by atoms with Gasteiger partial charge in [-0.1, -0.05) is 17.7 Å². The van der Waals surface area contributed by atoms with E-state index in [4.69, 9.17) is 11.6 Å². The first-order valence-corrected chi connectivity index (χ1v) is 12.4. The molecule has 6 nitrogen and oxygen atoms in total. The summed E-state index contributed by atoms with van der Waals surface area (Å²) in [6.45, 7) is 0. The summed E-state index contributed by atoms with van der Waals surface area (Å²) in [6.07, 6.45) is -19.5. The number of pyridine rings is 1. The highest BCUT2D eigenvalue weighted by molar-refractivity contribution is 9.10. The highest BCUT2D eigenvalue weighted by Crippen LogP contribution is 2.59. The number of anilines is 2. The van der Waals surface area contributed by atoms with Gasteiger partial charge in [0.2, 0.25) is 0 Å². The normalized spacial score (nSPS) is 14.1. The Balaban J connectivity index is 2.12. The number of nitrogens with one attached hydrogen (secondary N) is 1. The summed E-state index contributed by atoms with van der Waals surface area (Å²) in [5.74, 6) is -12.3. The fourth-order valence-corrected chi connectivity index (χ4v) is 4.32. The number of halogens is 15. The van der Waals surface area contributed by atoms with Crippen LogP contribution < -0.4 is 10.4 Å². The zero-order chi connectivity index (χ0) is 34.5. The highest BCUT2D eigenvalue weighted by Gasteiger charge is 2.82. The predicted molar refractivity (Wildman–Crippen MR) is 131 cm³/mol. The van der Waals surface area contributed by atoms with Gasteiger partial charge in [-0.2, -0.15) is 53.4 Å². The molecule has 0 fully saturated rings. The average Bonchev–Trinajstić information content (AvgIpc) is 2.91. The van der Waals surface area contributed by atoms with Crippen LogP contribution in [0, 0.1) is 5.82 Å². The number of hydrogen-bond acceptors (Lipinski definition) is 4. The van der Waals surface area contributed by atoms with E-state index in [1.165, 1.54) is 5.32 Å². The SMILES string of the molecule is O=C(Nc1c(Br)cc(C(F)(C(F)(F)F)C(F)(F)C(F)(F)F)cc1C(F)(F)F)c1cccc(N(O)C(=O)c2ccc(Cl)nc2)c1F. The average molecular weight is 751 g/mol. The summed E-state index contributed by atoms with van der Waals surface area (Å²) in [7, 11) is 0. The Kier molecular flexibility index (Phi) is 9.50. The molecule has 1 aromatic heterocycles. The third-order valence-corrected chi connectivity index (χ3v) is 6.68. The van der Waals surface area contributed by atoms with Gasteiger partial charge in [0.1, 0.15) is 10.8 Å². The smallest absolute Gasteiger partial charge is 0.320 e. The van der Waals surface area contributed by atoms with Gasteiger partial charge in [0.05, 0.1) is 22.4 Å². The van der Waals surface area contributed by atoms with Gasteiger partial charge < -0.3 is 5.32 Å². The van der Waals surface area contributed by atoms with E-state index in [2.05, 4.69) is 20.9 Å². The van der Waals surface area contributed by atoms with Crippen molar-refractivity contribution in [3.8, 4) is 0 Å². The third-order valence-electron chi connectivity index (χ3n) is 5.83. The van der Waals surface area contributed by atoms with Crippen molar-refractivity contribution in [2.24, 2.45) is 0 Å². The molecule has 3 aromatic rings. The van der Waals surface area contributed by atoms with E-state index in [1.54, 1.807) is 0 Å². The molecule has 0 radical (unpaired) electrons. The van der Waals surface area contributed by atoms with Crippen molar-refractivity contribution in [3.05, 3.63) is 86.4 Å². The summed E-state index contributed by atoms with van der Waals surface area (Å²) in [5, 5.41) is 11.2. The first-order chi connectivity index (χ1) is 20.4. The van der Waals surface area contributed by atoms with Gasteiger partial charge in [-0.15, -0.1) is 0 Å². The Morgan fingerprint density at radius 2 is 1.49 bits per heavy atom. The van der Waals surface area contributed by atoms with E-state index in [9.17, 15) is 67.5 Å². The Labute approximate surface area is 254 Å². The number of nitrogens with zero attached hydrogens (tertiary/aromatic N) is 2. The zero-order valence-corrected chi connectivity index (χ0v) is 23.3. The molecule has 2 aromatic carbocycles. The number of alkyl halides is 12. The van der Waals surface area contributed by atoms with E-state index in [1.807, 2.05) is 0 Å². The lowest BCUT2D eigenvalue weighted by Gasteiger charge is -2.36. The number of aromatic nitrogens is 1. The number of benzene rings is 2. The summed E-state index contributed by atoms with van der Waals surface area (Å²) >= 11 is 7.77. The van der Waals surface area contributed by atoms with Crippen LogP contribution >= 0.6 is 27.5 Å². The summed E-state index contributed by atoms with van der Waals surface area (Å²) in [6, 6.07) is 2.73. The van der Waals surface area contributed by atoms with Crippen LogP contribution in [0.25, 0.3) is 0 Å². The summed E-state index contributed by atoms with van der Waals surface area (Å²) < 4.78 is 177. The van der Waals surface area contributed by atoms with E-state index in [0.29, 0.717) is 6.07 Å². The second-order valence-corrected chi connectivity index (χ2v) is 9.93. The van der Waals surface area contributed by atoms with Crippen LogP contribution in [0.3, 0.4) is 0 Å². The molecule has 0 bridgehead atoms. The lowest BCUT2D eigenvalue weighted by Crippen LogP contribution is -2.59. The molecular weight excluding hydrogens is 741 g/mol. The maximum absolute atomic E-state index is 15.2. The van der Waals surface area contributed by atoms with Crippen molar-refractivity contribution in [2.45, 2.75) is 30.1 Å². The molecule has 0 aliphatic rings. The molecule has 1 unspecified atom stereocenters. The minimum absolute atomic E-state index is 0.0806. The summed E-state index contributed by atoms with van der Waals surface area (Å²) in [4.78, 5) is 28.8. The Morgan fingerprint density at radius 3 is 1.98 bits per heavy atom. The number of hydroxylamine groups is 1. The van der Waals surface area contributed by atoms with E-state index < -0.39 is 92.4 Å². The van der Waals surface area contributed by atoms with Crippen LogP contribution in [0.4, 0.5) is 68.5 Å². The fourth-order valence-electron chi connectivity index (χ4n) is 3.65. The second-order valence-electron chi connectivity index (χ2n) is 8.69. The maximum Gasteiger partial charge on any atom is 0.457 e. The lowest BCUT2D eigenvalue weighted by atomic mass is 9.86. The van der Waals surface area contributed by atoms with Gasteiger partial charge in [0.25, 0.3) is 11.8 Å². The highest BCUT2D eigenvalue weighted by atomic mass is 79.9. The molecule has 21 heteroatoms. The first kappa shape index (κ1) is 35.8. The Bertz CT molecular complexity index is 1630. The largest absolute Gasteiger partial charge is 0.457 e. The summed E-state index contributed by atoms with van der Waals surface area (Å²) in [5.41, 5.74) is -16.5. The molecular formula is C24H10BrClF13N3O3. The molecule has 0 aliphatic heterocycles. The van der Waals surface area contributed by atoms with E-state index in [0.717, 1.165) is 30.5 Å². The molecule has 244 valence electrons. The Morgan fingerprint density at radius 1 is 0.889 bits per heavy atom. The number of carbonyl (C=O) groups excluding carboxylic acids is 2. The quantitative estimate of drug-likeness (QED) is 0.114. The molecule has 0 spiro atoms. The topological polar surface area (TPSA) is 82.5 Å². The number of hydrogen-bond donors (Lipinski definition) is 2. The number of carbonyl (C=O) groups is 2. The molecule has 2 amide bonds. The fraction of sp³-hybridized carbons (Fsp3) is 0.208. The van der Waals surface area contributed by atoms with Crippen molar-refractivity contribution in [1.29, 1.82) is 0 Å². The second kappa shape index (κ2) is 11.9. The van der Waals surface area contributed by atoms with Crippen molar-refractivity contribution in [2.75, 3.05) is 10.4 Å². The van der Waals surface area contributed by atoms with Crippen LogP contribution in [0.2, 0.25) is 5.15 Å². The maximum atomic E-state index is 15.2. The van der Waals surface area contributed by atoms with Crippen molar-refractivity contribution in [1.82, 2.24) is 4.98 Å².